The summed E-state index contributed by atoms with van der Waals surface area (Å²) in [6.45, 7) is 2.02. The van der Waals surface area contributed by atoms with Crippen LogP contribution in [-0.4, -0.2) is 24.2 Å². The Morgan fingerprint density at radius 1 is 0.806 bits per heavy atom. The maximum absolute atomic E-state index is 13.7. The lowest BCUT2D eigenvalue weighted by Gasteiger charge is -2.27. The van der Waals surface area contributed by atoms with Gasteiger partial charge in [-0.25, -0.2) is 0 Å². The Bertz CT molecular complexity index is 1240. The minimum atomic E-state index is -0.273. The fraction of sp³-hybridized carbons (Fsp3) is 0.133. The Morgan fingerprint density at radius 2 is 1.36 bits per heavy atom. The van der Waals surface area contributed by atoms with E-state index < -0.39 is 0 Å². The highest BCUT2D eigenvalue weighted by atomic mass is 32.2. The van der Waals surface area contributed by atoms with Crippen molar-refractivity contribution in [3.63, 3.8) is 0 Å². The minimum absolute atomic E-state index is 0.0248. The van der Waals surface area contributed by atoms with Gasteiger partial charge in [0.2, 0.25) is 5.91 Å². The Morgan fingerprint density at radius 3 is 1.86 bits per heavy atom. The molecule has 0 saturated carbocycles. The summed E-state index contributed by atoms with van der Waals surface area (Å²) in [5, 5.41) is 2.64. The Hall–Kier alpha value is -4.03. The fourth-order valence-corrected chi connectivity index (χ4v) is 4.73. The van der Waals surface area contributed by atoms with Gasteiger partial charge in [-0.1, -0.05) is 43.3 Å². The van der Waals surface area contributed by atoms with E-state index in [-0.39, 0.29) is 17.1 Å². The highest BCUT2D eigenvalue weighted by Gasteiger charge is 2.26. The van der Waals surface area contributed by atoms with Crippen LogP contribution in [0.1, 0.15) is 23.7 Å². The summed E-state index contributed by atoms with van der Waals surface area (Å²) in [5.41, 5.74) is 2.91. The number of amides is 2. The van der Waals surface area contributed by atoms with Gasteiger partial charge in [-0.15, -0.1) is 11.8 Å². The third kappa shape index (κ3) is 6.15. The van der Waals surface area contributed by atoms with Crippen LogP contribution in [0.3, 0.4) is 0 Å². The molecule has 4 rings (SSSR count). The topological polar surface area (TPSA) is 58.6 Å². The van der Waals surface area contributed by atoms with Crippen molar-refractivity contribution in [3.05, 3.63) is 115 Å². The third-order valence-electron chi connectivity index (χ3n) is 5.64. The van der Waals surface area contributed by atoms with Gasteiger partial charge in [-0.05, 0) is 79.2 Å². The summed E-state index contributed by atoms with van der Waals surface area (Å²) >= 11 is 1.52. The molecule has 182 valence electrons. The molecule has 0 aromatic heterocycles. The lowest BCUT2D eigenvalue weighted by molar-refractivity contribution is -0.117. The molecule has 0 bridgehead atoms. The molecule has 0 spiro atoms. The molecule has 1 atom stereocenters. The second kappa shape index (κ2) is 12.1. The number of ether oxygens (including phenoxy) is 1. The zero-order valence-corrected chi connectivity index (χ0v) is 21.1. The molecule has 0 heterocycles. The summed E-state index contributed by atoms with van der Waals surface area (Å²) < 4.78 is 5.14. The van der Waals surface area contributed by atoms with Crippen molar-refractivity contribution in [2.45, 2.75) is 23.5 Å². The highest BCUT2D eigenvalue weighted by Crippen LogP contribution is 2.33. The van der Waals surface area contributed by atoms with Crippen LogP contribution in [-0.2, 0) is 4.79 Å². The summed E-state index contributed by atoms with van der Waals surface area (Å²) in [6.07, 6.45) is 0.676. The second-order valence-electron chi connectivity index (χ2n) is 8.07. The molecule has 2 amide bonds. The lowest BCUT2D eigenvalue weighted by atomic mass is 10.2. The predicted molar refractivity (Wildman–Crippen MR) is 147 cm³/mol. The van der Waals surface area contributed by atoms with Gasteiger partial charge >= 0.3 is 0 Å². The van der Waals surface area contributed by atoms with Crippen LogP contribution in [0, 0.1) is 0 Å². The van der Waals surface area contributed by atoms with E-state index in [1.807, 2.05) is 91.9 Å². The van der Waals surface area contributed by atoms with Gasteiger partial charge < -0.3 is 10.1 Å². The zero-order chi connectivity index (χ0) is 25.3. The number of hydrogen-bond acceptors (Lipinski definition) is 4. The molecule has 4 aromatic rings. The van der Waals surface area contributed by atoms with Gasteiger partial charge in [0.1, 0.15) is 5.75 Å². The van der Waals surface area contributed by atoms with Crippen LogP contribution in [0.2, 0.25) is 0 Å². The number of hydrogen-bond donors (Lipinski definition) is 1. The molecule has 36 heavy (non-hydrogen) atoms. The number of benzene rings is 4. The van der Waals surface area contributed by atoms with E-state index in [1.54, 1.807) is 36.3 Å². The van der Waals surface area contributed by atoms with Crippen LogP contribution >= 0.6 is 11.8 Å². The van der Waals surface area contributed by atoms with Crippen molar-refractivity contribution in [3.8, 4) is 5.75 Å². The standard InChI is InChI=1S/C30H28N2O3S/c1-3-28(30(34)32(24-10-6-4-7-11-24)25-12-8-5-9-13-25)36-27-20-16-23(17-21-27)31-29(33)22-14-18-26(35-2)19-15-22/h4-21,28H,3H2,1-2H3,(H,31,33). The summed E-state index contributed by atoms with van der Waals surface area (Å²) in [4.78, 5) is 29.0. The molecule has 0 saturated heterocycles. The van der Waals surface area contributed by atoms with E-state index in [1.165, 1.54) is 11.8 Å². The molecule has 6 heteroatoms. The number of rotatable bonds is 9. The summed E-state index contributed by atoms with van der Waals surface area (Å²) in [6, 6.07) is 33.9. The van der Waals surface area contributed by atoms with Crippen molar-refractivity contribution in [2.24, 2.45) is 0 Å². The van der Waals surface area contributed by atoms with Crippen molar-refractivity contribution in [1.29, 1.82) is 0 Å². The smallest absolute Gasteiger partial charge is 0.255 e. The van der Waals surface area contributed by atoms with Gasteiger partial charge in [0, 0.05) is 27.5 Å². The molecule has 4 aromatic carbocycles. The number of anilines is 3. The largest absolute Gasteiger partial charge is 0.497 e. The molecule has 0 aliphatic heterocycles. The third-order valence-corrected chi connectivity index (χ3v) is 7.00. The van der Waals surface area contributed by atoms with Crippen LogP contribution in [0.25, 0.3) is 0 Å². The number of carbonyl (C=O) groups excluding carboxylic acids is 2. The van der Waals surface area contributed by atoms with Gasteiger partial charge in [-0.2, -0.15) is 0 Å². The highest BCUT2D eigenvalue weighted by molar-refractivity contribution is 8.00. The quantitative estimate of drug-likeness (QED) is 0.249. The molecule has 1 unspecified atom stereocenters. The second-order valence-corrected chi connectivity index (χ2v) is 9.34. The monoisotopic (exact) mass is 496 g/mol. The summed E-state index contributed by atoms with van der Waals surface area (Å²) in [7, 11) is 1.59. The minimum Gasteiger partial charge on any atom is -0.497 e. The first-order valence-electron chi connectivity index (χ1n) is 11.7. The van der Waals surface area contributed by atoms with E-state index in [0.717, 1.165) is 16.3 Å². The van der Waals surface area contributed by atoms with Crippen molar-refractivity contribution in [2.75, 3.05) is 17.3 Å². The lowest BCUT2D eigenvalue weighted by Crippen LogP contribution is -2.34. The molecular formula is C30H28N2O3S. The van der Waals surface area contributed by atoms with E-state index in [2.05, 4.69) is 5.32 Å². The molecule has 0 fully saturated rings. The van der Waals surface area contributed by atoms with Crippen molar-refractivity contribution < 1.29 is 14.3 Å². The van der Waals surface area contributed by atoms with Gasteiger partial charge in [0.25, 0.3) is 5.91 Å². The predicted octanol–water partition coefficient (Wildman–Crippen LogP) is 7.18. The molecule has 1 N–H and O–H groups in total. The van der Waals surface area contributed by atoms with Gasteiger partial charge in [0.05, 0.1) is 12.4 Å². The number of para-hydroxylation sites is 2. The van der Waals surface area contributed by atoms with Crippen LogP contribution in [0.4, 0.5) is 17.1 Å². The van der Waals surface area contributed by atoms with Crippen LogP contribution < -0.4 is 15.0 Å². The first kappa shape index (κ1) is 25.1. The average Bonchev–Trinajstić information content (AvgIpc) is 2.94. The Balaban J connectivity index is 1.47. The maximum atomic E-state index is 13.7. The van der Waals surface area contributed by atoms with Crippen molar-refractivity contribution in [1.82, 2.24) is 0 Å². The molecule has 5 nitrogen and oxygen atoms in total. The number of thioether (sulfide) groups is 1. The number of nitrogens with zero attached hydrogens (tertiary/aromatic N) is 1. The normalized spacial score (nSPS) is 11.4. The van der Waals surface area contributed by atoms with E-state index in [9.17, 15) is 9.59 Å². The van der Waals surface area contributed by atoms with Crippen molar-refractivity contribution >= 4 is 40.6 Å². The molecule has 0 aliphatic rings. The fourth-order valence-electron chi connectivity index (χ4n) is 3.74. The van der Waals surface area contributed by atoms with Crippen LogP contribution in [0.5, 0.6) is 5.75 Å². The first-order chi connectivity index (χ1) is 17.6. The first-order valence-corrected chi connectivity index (χ1v) is 12.6. The molecule has 0 aliphatic carbocycles. The Kier molecular flexibility index (Phi) is 8.42. The number of methoxy groups -OCH3 is 1. The number of nitrogens with one attached hydrogen (secondary N) is 1. The number of carbonyl (C=O) groups is 2. The Labute approximate surface area is 216 Å². The SMILES string of the molecule is CCC(Sc1ccc(NC(=O)c2ccc(OC)cc2)cc1)C(=O)N(c1ccccc1)c1ccccc1. The zero-order valence-electron chi connectivity index (χ0n) is 20.3. The molecular weight excluding hydrogens is 468 g/mol. The van der Waals surface area contributed by atoms with E-state index >= 15 is 0 Å². The molecule has 0 radical (unpaired) electrons. The van der Waals surface area contributed by atoms with Gasteiger partial charge in [-0.3, -0.25) is 14.5 Å². The summed E-state index contributed by atoms with van der Waals surface area (Å²) in [5.74, 6) is 0.531. The average molecular weight is 497 g/mol. The maximum Gasteiger partial charge on any atom is 0.255 e. The van der Waals surface area contributed by atoms with E-state index in [4.69, 9.17) is 4.74 Å². The van der Waals surface area contributed by atoms with E-state index in [0.29, 0.717) is 23.4 Å². The van der Waals surface area contributed by atoms with Gasteiger partial charge in [0.15, 0.2) is 0 Å². The van der Waals surface area contributed by atoms with Crippen LogP contribution in [0.15, 0.2) is 114 Å².